The lowest BCUT2D eigenvalue weighted by Crippen LogP contribution is -2.23. The van der Waals surface area contributed by atoms with E-state index in [1.807, 2.05) is 55.3 Å². The van der Waals surface area contributed by atoms with Crippen LogP contribution in [0.2, 0.25) is 5.02 Å². The highest BCUT2D eigenvalue weighted by Crippen LogP contribution is 2.31. The van der Waals surface area contributed by atoms with Gasteiger partial charge in [-0.25, -0.2) is 0 Å². The first-order valence-electron chi connectivity index (χ1n) is 6.91. The number of hydrogen-bond acceptors (Lipinski definition) is 4. The third-order valence-electron chi connectivity index (χ3n) is 3.45. The summed E-state index contributed by atoms with van der Waals surface area (Å²) < 4.78 is 5.45. The molecule has 2 N–H and O–H groups in total. The SMILES string of the molecule is CCOc1nc(N(C)C(C)c2ccccc2Cl)ccc1N. The number of rotatable bonds is 5. The Morgan fingerprint density at radius 1 is 1.29 bits per heavy atom. The Morgan fingerprint density at radius 3 is 2.67 bits per heavy atom. The van der Waals surface area contributed by atoms with Crippen LogP contribution in [0.25, 0.3) is 0 Å². The lowest BCUT2D eigenvalue weighted by molar-refractivity contribution is 0.329. The molecule has 0 aliphatic rings. The van der Waals surface area contributed by atoms with Crippen molar-refractivity contribution in [2.75, 3.05) is 24.3 Å². The van der Waals surface area contributed by atoms with Crippen molar-refractivity contribution in [2.24, 2.45) is 0 Å². The van der Waals surface area contributed by atoms with E-state index in [0.717, 1.165) is 16.4 Å². The van der Waals surface area contributed by atoms with Gasteiger partial charge in [-0.1, -0.05) is 29.8 Å². The Morgan fingerprint density at radius 2 is 2.00 bits per heavy atom. The number of anilines is 2. The summed E-state index contributed by atoms with van der Waals surface area (Å²) in [6.07, 6.45) is 0. The number of nitrogen functional groups attached to an aromatic ring is 1. The molecule has 0 saturated heterocycles. The Kier molecular flexibility index (Phi) is 4.91. The molecule has 0 amide bonds. The van der Waals surface area contributed by atoms with Crippen molar-refractivity contribution in [3.05, 3.63) is 47.0 Å². The average molecular weight is 306 g/mol. The van der Waals surface area contributed by atoms with Crippen molar-refractivity contribution in [3.8, 4) is 5.88 Å². The third-order valence-corrected chi connectivity index (χ3v) is 3.80. The summed E-state index contributed by atoms with van der Waals surface area (Å²) >= 11 is 6.27. The topological polar surface area (TPSA) is 51.4 Å². The lowest BCUT2D eigenvalue weighted by Gasteiger charge is -2.27. The maximum absolute atomic E-state index is 6.27. The van der Waals surface area contributed by atoms with Crippen LogP contribution in [-0.2, 0) is 0 Å². The van der Waals surface area contributed by atoms with E-state index in [1.54, 1.807) is 0 Å². The highest BCUT2D eigenvalue weighted by Gasteiger charge is 2.17. The van der Waals surface area contributed by atoms with Crippen molar-refractivity contribution in [1.82, 2.24) is 4.98 Å². The number of pyridine rings is 1. The maximum atomic E-state index is 6.27. The monoisotopic (exact) mass is 305 g/mol. The second-order valence-corrected chi connectivity index (χ2v) is 5.21. The summed E-state index contributed by atoms with van der Waals surface area (Å²) in [6.45, 7) is 4.52. The van der Waals surface area contributed by atoms with Gasteiger partial charge in [0.05, 0.1) is 18.3 Å². The molecule has 112 valence electrons. The predicted molar refractivity (Wildman–Crippen MR) is 88.1 cm³/mol. The van der Waals surface area contributed by atoms with Crippen molar-refractivity contribution >= 4 is 23.1 Å². The molecule has 0 radical (unpaired) electrons. The largest absolute Gasteiger partial charge is 0.476 e. The molecule has 5 heteroatoms. The van der Waals surface area contributed by atoms with Gasteiger partial charge in [-0.15, -0.1) is 0 Å². The standard InChI is InChI=1S/C16H20ClN3O/c1-4-21-16-14(18)9-10-15(19-16)20(3)11(2)12-7-5-6-8-13(12)17/h5-11H,4,18H2,1-3H3. The summed E-state index contributed by atoms with van der Waals surface area (Å²) in [5.41, 5.74) is 7.45. The van der Waals surface area contributed by atoms with Crippen molar-refractivity contribution < 1.29 is 4.74 Å². The zero-order valence-corrected chi connectivity index (χ0v) is 13.3. The first kappa shape index (κ1) is 15.4. The van der Waals surface area contributed by atoms with Crippen molar-refractivity contribution in [3.63, 3.8) is 0 Å². The van der Waals surface area contributed by atoms with E-state index in [0.29, 0.717) is 18.2 Å². The van der Waals surface area contributed by atoms with Crippen LogP contribution in [0.4, 0.5) is 11.5 Å². The molecule has 2 aromatic rings. The molecule has 0 aliphatic heterocycles. The van der Waals surface area contributed by atoms with Crippen LogP contribution >= 0.6 is 11.6 Å². The summed E-state index contributed by atoms with van der Waals surface area (Å²) in [4.78, 5) is 6.52. The molecule has 0 spiro atoms. The summed E-state index contributed by atoms with van der Waals surface area (Å²) in [5.74, 6) is 1.26. The molecule has 1 aromatic heterocycles. The Balaban J connectivity index is 2.29. The molecule has 21 heavy (non-hydrogen) atoms. The Hall–Kier alpha value is -1.94. The van der Waals surface area contributed by atoms with Gasteiger partial charge in [0.2, 0.25) is 5.88 Å². The second kappa shape index (κ2) is 6.68. The minimum atomic E-state index is 0.0873. The molecule has 4 nitrogen and oxygen atoms in total. The zero-order chi connectivity index (χ0) is 15.4. The summed E-state index contributed by atoms with van der Waals surface area (Å²) in [7, 11) is 1.97. The molecule has 0 bridgehead atoms. The van der Waals surface area contributed by atoms with Crippen LogP contribution in [0.15, 0.2) is 36.4 Å². The van der Waals surface area contributed by atoms with Gasteiger partial charge in [0.25, 0.3) is 0 Å². The number of benzene rings is 1. The Bertz CT molecular complexity index is 618. The fourth-order valence-corrected chi connectivity index (χ4v) is 2.40. The summed E-state index contributed by atoms with van der Waals surface area (Å²) in [5, 5.41) is 0.748. The van der Waals surface area contributed by atoms with Crippen LogP contribution in [0, 0.1) is 0 Å². The fraction of sp³-hybridized carbons (Fsp3) is 0.312. The highest BCUT2D eigenvalue weighted by atomic mass is 35.5. The van der Waals surface area contributed by atoms with Crippen LogP contribution in [0.5, 0.6) is 5.88 Å². The first-order chi connectivity index (χ1) is 10.0. The maximum Gasteiger partial charge on any atom is 0.239 e. The predicted octanol–water partition coefficient (Wildman–Crippen LogP) is 3.91. The number of nitrogens with zero attached hydrogens (tertiary/aromatic N) is 2. The van der Waals surface area contributed by atoms with Gasteiger partial charge in [-0.05, 0) is 37.6 Å². The molecule has 1 heterocycles. The van der Waals surface area contributed by atoms with E-state index in [-0.39, 0.29) is 6.04 Å². The van der Waals surface area contributed by atoms with Gasteiger partial charge in [-0.2, -0.15) is 4.98 Å². The number of halogens is 1. The normalized spacial score (nSPS) is 12.0. The molecule has 0 fully saturated rings. The molecule has 0 aliphatic carbocycles. The van der Waals surface area contributed by atoms with Gasteiger partial charge in [0.1, 0.15) is 5.82 Å². The third kappa shape index (κ3) is 3.39. The summed E-state index contributed by atoms with van der Waals surface area (Å²) in [6, 6.07) is 11.6. The van der Waals surface area contributed by atoms with Crippen molar-refractivity contribution in [1.29, 1.82) is 0 Å². The quantitative estimate of drug-likeness (QED) is 0.910. The number of nitrogens with two attached hydrogens (primary N) is 1. The molecule has 1 atom stereocenters. The van der Waals surface area contributed by atoms with Crippen LogP contribution in [0.1, 0.15) is 25.5 Å². The van der Waals surface area contributed by atoms with E-state index in [1.165, 1.54) is 0 Å². The molecule has 1 unspecified atom stereocenters. The highest BCUT2D eigenvalue weighted by molar-refractivity contribution is 6.31. The van der Waals surface area contributed by atoms with Gasteiger partial charge in [0, 0.05) is 12.1 Å². The zero-order valence-electron chi connectivity index (χ0n) is 12.5. The lowest BCUT2D eigenvalue weighted by atomic mass is 10.1. The number of aromatic nitrogens is 1. The van der Waals surface area contributed by atoms with E-state index in [2.05, 4.69) is 11.9 Å². The molecule has 1 aromatic carbocycles. The molecule has 2 rings (SSSR count). The van der Waals surface area contributed by atoms with E-state index in [4.69, 9.17) is 22.1 Å². The first-order valence-corrected chi connectivity index (χ1v) is 7.29. The van der Waals surface area contributed by atoms with E-state index < -0.39 is 0 Å². The van der Waals surface area contributed by atoms with E-state index >= 15 is 0 Å². The van der Waals surface area contributed by atoms with Gasteiger partial charge < -0.3 is 15.4 Å². The smallest absolute Gasteiger partial charge is 0.239 e. The molecular formula is C16H20ClN3O. The second-order valence-electron chi connectivity index (χ2n) is 4.81. The van der Waals surface area contributed by atoms with Crippen molar-refractivity contribution in [2.45, 2.75) is 19.9 Å². The van der Waals surface area contributed by atoms with Gasteiger partial charge in [-0.3, -0.25) is 0 Å². The average Bonchev–Trinajstić information content (AvgIpc) is 2.49. The van der Waals surface area contributed by atoms with Crippen LogP contribution in [0.3, 0.4) is 0 Å². The minimum absolute atomic E-state index is 0.0873. The minimum Gasteiger partial charge on any atom is -0.476 e. The Labute approximate surface area is 130 Å². The van der Waals surface area contributed by atoms with Crippen LogP contribution in [-0.4, -0.2) is 18.6 Å². The van der Waals surface area contributed by atoms with Crippen LogP contribution < -0.4 is 15.4 Å². The molecule has 0 saturated carbocycles. The van der Waals surface area contributed by atoms with Gasteiger partial charge in [0.15, 0.2) is 0 Å². The fourth-order valence-electron chi connectivity index (χ4n) is 2.11. The number of ether oxygens (including phenoxy) is 1. The number of hydrogen-bond donors (Lipinski definition) is 1. The molecular weight excluding hydrogens is 286 g/mol. The van der Waals surface area contributed by atoms with Gasteiger partial charge >= 0.3 is 0 Å². The van der Waals surface area contributed by atoms with E-state index in [9.17, 15) is 0 Å².